The van der Waals surface area contributed by atoms with Gasteiger partial charge in [0.05, 0.1) is 12.0 Å². The van der Waals surface area contributed by atoms with Crippen LogP contribution in [0.25, 0.3) is 0 Å². The van der Waals surface area contributed by atoms with Gasteiger partial charge in [-0.2, -0.15) is 0 Å². The monoisotopic (exact) mass is 253 g/mol. The lowest BCUT2D eigenvalue weighted by atomic mass is 10.1. The molecule has 100 valence electrons. The van der Waals surface area contributed by atoms with Gasteiger partial charge in [-0.25, -0.2) is 0 Å². The van der Waals surface area contributed by atoms with Crippen molar-refractivity contribution in [1.82, 2.24) is 0 Å². The van der Waals surface area contributed by atoms with Crippen molar-refractivity contribution in [2.45, 2.75) is 19.9 Å². The number of nitrogens with two attached hydrogens (primary N) is 1. The number of nitro groups is 1. The molecule has 1 unspecified atom stereocenters. The highest BCUT2D eigenvalue weighted by atomic mass is 16.6. The maximum absolute atomic E-state index is 10.9. The summed E-state index contributed by atoms with van der Waals surface area (Å²) in [5.74, 6) is 0.878. The Morgan fingerprint density at radius 1 is 1.50 bits per heavy atom. The molecular weight excluding hydrogens is 234 g/mol. The van der Waals surface area contributed by atoms with E-state index < -0.39 is 4.92 Å². The number of rotatable bonds is 6. The van der Waals surface area contributed by atoms with Crippen LogP contribution in [0.4, 0.5) is 11.4 Å². The van der Waals surface area contributed by atoms with Crippen LogP contribution in [0.5, 0.6) is 5.75 Å². The second-order valence-corrected chi connectivity index (χ2v) is 4.43. The van der Waals surface area contributed by atoms with Crippen molar-refractivity contribution in [3.63, 3.8) is 0 Å². The summed E-state index contributed by atoms with van der Waals surface area (Å²) in [5, 5.41) is 13.9. The Kier molecular flexibility index (Phi) is 4.91. The molecular formula is C12H19N3O3. The van der Waals surface area contributed by atoms with Crippen LogP contribution >= 0.6 is 0 Å². The predicted octanol–water partition coefficient (Wildman–Crippen LogP) is 2.00. The van der Waals surface area contributed by atoms with Crippen molar-refractivity contribution in [3.8, 4) is 5.75 Å². The molecule has 0 saturated heterocycles. The zero-order valence-corrected chi connectivity index (χ0v) is 10.8. The summed E-state index contributed by atoms with van der Waals surface area (Å²) in [7, 11) is 1.52. The summed E-state index contributed by atoms with van der Waals surface area (Å²) in [5.41, 5.74) is 6.34. The fourth-order valence-corrected chi connectivity index (χ4v) is 1.41. The van der Waals surface area contributed by atoms with Crippen molar-refractivity contribution in [3.05, 3.63) is 28.3 Å². The molecule has 6 heteroatoms. The fourth-order valence-electron chi connectivity index (χ4n) is 1.41. The van der Waals surface area contributed by atoms with Gasteiger partial charge in [0.25, 0.3) is 5.69 Å². The Morgan fingerprint density at radius 3 is 2.67 bits per heavy atom. The van der Waals surface area contributed by atoms with E-state index in [1.807, 2.05) is 13.8 Å². The number of nitrogens with zero attached hydrogens (tertiary/aromatic N) is 1. The van der Waals surface area contributed by atoms with Crippen molar-refractivity contribution < 1.29 is 9.66 Å². The standard InChI is InChI=1S/C12H19N3O3/c1-8(2)10(13)7-14-11-6-9(18-3)4-5-12(11)15(16)17/h4-6,8,10,14H,7,13H2,1-3H3. The Labute approximate surface area is 106 Å². The highest BCUT2D eigenvalue weighted by Crippen LogP contribution is 2.28. The van der Waals surface area contributed by atoms with Gasteiger partial charge in [0, 0.05) is 24.7 Å². The van der Waals surface area contributed by atoms with Crippen LogP contribution in [-0.4, -0.2) is 24.6 Å². The Morgan fingerprint density at radius 2 is 2.17 bits per heavy atom. The van der Waals surface area contributed by atoms with Gasteiger partial charge in [0.15, 0.2) is 0 Å². The summed E-state index contributed by atoms with van der Waals surface area (Å²) in [6, 6.07) is 4.52. The molecule has 0 aromatic heterocycles. The third-order valence-corrected chi connectivity index (χ3v) is 2.78. The molecule has 6 nitrogen and oxygen atoms in total. The molecule has 18 heavy (non-hydrogen) atoms. The molecule has 0 bridgehead atoms. The summed E-state index contributed by atoms with van der Waals surface area (Å²) in [6.45, 7) is 4.49. The smallest absolute Gasteiger partial charge is 0.292 e. The van der Waals surface area contributed by atoms with Gasteiger partial charge in [-0.05, 0) is 12.0 Å². The minimum Gasteiger partial charge on any atom is -0.497 e. The normalized spacial score (nSPS) is 12.3. The third-order valence-electron chi connectivity index (χ3n) is 2.78. The number of hydrogen-bond acceptors (Lipinski definition) is 5. The van der Waals surface area contributed by atoms with E-state index in [4.69, 9.17) is 10.5 Å². The second kappa shape index (κ2) is 6.20. The molecule has 1 atom stereocenters. The van der Waals surface area contributed by atoms with E-state index in [0.29, 0.717) is 23.9 Å². The van der Waals surface area contributed by atoms with E-state index in [9.17, 15) is 10.1 Å². The first kappa shape index (κ1) is 14.2. The molecule has 0 aliphatic rings. The van der Waals surface area contributed by atoms with Gasteiger partial charge in [-0.1, -0.05) is 13.8 Å². The first-order valence-corrected chi connectivity index (χ1v) is 5.77. The van der Waals surface area contributed by atoms with Crippen molar-refractivity contribution in [1.29, 1.82) is 0 Å². The van der Waals surface area contributed by atoms with Crippen LogP contribution in [0.2, 0.25) is 0 Å². The first-order valence-electron chi connectivity index (χ1n) is 5.77. The Balaban J connectivity index is 2.87. The van der Waals surface area contributed by atoms with Gasteiger partial charge in [-0.3, -0.25) is 10.1 Å². The molecule has 0 amide bonds. The molecule has 1 rings (SSSR count). The SMILES string of the molecule is COc1ccc([N+](=O)[O-])c(NCC(N)C(C)C)c1. The number of benzene rings is 1. The maximum Gasteiger partial charge on any atom is 0.292 e. The van der Waals surface area contributed by atoms with Crippen LogP contribution in [0.15, 0.2) is 18.2 Å². The van der Waals surface area contributed by atoms with E-state index in [0.717, 1.165) is 0 Å². The Hall–Kier alpha value is -1.82. The minimum atomic E-state index is -0.428. The number of nitro benzene ring substituents is 1. The summed E-state index contributed by atoms with van der Waals surface area (Å²) in [4.78, 5) is 10.5. The van der Waals surface area contributed by atoms with E-state index in [1.54, 1.807) is 12.1 Å². The van der Waals surface area contributed by atoms with Crippen molar-refractivity contribution in [2.75, 3.05) is 19.0 Å². The van der Waals surface area contributed by atoms with Crippen LogP contribution in [-0.2, 0) is 0 Å². The lowest BCUT2D eigenvalue weighted by Gasteiger charge is -2.17. The number of anilines is 1. The molecule has 1 aromatic carbocycles. The largest absolute Gasteiger partial charge is 0.497 e. The third kappa shape index (κ3) is 3.59. The molecule has 0 fully saturated rings. The molecule has 0 radical (unpaired) electrons. The number of ether oxygens (including phenoxy) is 1. The van der Waals surface area contributed by atoms with E-state index in [1.165, 1.54) is 13.2 Å². The lowest BCUT2D eigenvalue weighted by Crippen LogP contribution is -2.34. The van der Waals surface area contributed by atoms with Crippen molar-refractivity contribution >= 4 is 11.4 Å². The fraction of sp³-hybridized carbons (Fsp3) is 0.500. The molecule has 1 aromatic rings. The summed E-state index contributed by atoms with van der Waals surface area (Å²) >= 11 is 0. The van der Waals surface area contributed by atoms with Crippen LogP contribution in [0, 0.1) is 16.0 Å². The van der Waals surface area contributed by atoms with E-state index >= 15 is 0 Å². The molecule has 0 spiro atoms. The number of nitrogens with one attached hydrogen (secondary N) is 1. The van der Waals surface area contributed by atoms with Crippen molar-refractivity contribution in [2.24, 2.45) is 11.7 Å². The van der Waals surface area contributed by atoms with Gasteiger partial charge in [-0.15, -0.1) is 0 Å². The van der Waals surface area contributed by atoms with E-state index in [2.05, 4.69) is 5.32 Å². The molecule has 0 aliphatic heterocycles. The minimum absolute atomic E-state index is 0.0201. The van der Waals surface area contributed by atoms with Crippen LogP contribution < -0.4 is 15.8 Å². The lowest BCUT2D eigenvalue weighted by molar-refractivity contribution is -0.384. The highest BCUT2D eigenvalue weighted by molar-refractivity contribution is 5.64. The average Bonchev–Trinajstić information content (AvgIpc) is 2.34. The summed E-state index contributed by atoms with van der Waals surface area (Å²) in [6.07, 6.45) is 0. The van der Waals surface area contributed by atoms with Gasteiger partial charge >= 0.3 is 0 Å². The average molecular weight is 253 g/mol. The Bertz CT molecular complexity index is 421. The zero-order valence-electron chi connectivity index (χ0n) is 10.8. The van der Waals surface area contributed by atoms with Gasteiger partial charge in [0.2, 0.25) is 0 Å². The topological polar surface area (TPSA) is 90.4 Å². The summed E-state index contributed by atoms with van der Waals surface area (Å²) < 4.78 is 5.05. The van der Waals surface area contributed by atoms with Crippen LogP contribution in [0.1, 0.15) is 13.8 Å². The molecule has 0 aliphatic carbocycles. The number of methoxy groups -OCH3 is 1. The highest BCUT2D eigenvalue weighted by Gasteiger charge is 2.16. The number of hydrogen-bond donors (Lipinski definition) is 2. The molecule has 3 N–H and O–H groups in total. The zero-order chi connectivity index (χ0) is 13.7. The molecule has 0 heterocycles. The maximum atomic E-state index is 10.9. The second-order valence-electron chi connectivity index (χ2n) is 4.43. The van der Waals surface area contributed by atoms with Crippen LogP contribution in [0.3, 0.4) is 0 Å². The van der Waals surface area contributed by atoms with E-state index in [-0.39, 0.29) is 11.7 Å². The predicted molar refractivity (Wildman–Crippen MR) is 71.0 cm³/mol. The quantitative estimate of drug-likeness (QED) is 0.597. The van der Waals surface area contributed by atoms with Gasteiger partial charge in [0.1, 0.15) is 11.4 Å². The van der Waals surface area contributed by atoms with Gasteiger partial charge < -0.3 is 15.8 Å². The first-order chi connectivity index (χ1) is 8.45. The molecule has 0 saturated carbocycles.